The van der Waals surface area contributed by atoms with Crippen molar-refractivity contribution in [1.29, 1.82) is 0 Å². The van der Waals surface area contributed by atoms with Gasteiger partial charge in [0.05, 0.1) is 0 Å². The van der Waals surface area contributed by atoms with Crippen molar-refractivity contribution in [3.8, 4) is 33.4 Å². The summed E-state index contributed by atoms with van der Waals surface area (Å²) < 4.78 is 0. The highest BCUT2D eigenvalue weighted by Crippen LogP contribution is 2.55. The first-order chi connectivity index (χ1) is 23.1. The summed E-state index contributed by atoms with van der Waals surface area (Å²) in [5.74, 6) is 0. The molecule has 2 fully saturated rings. The van der Waals surface area contributed by atoms with Crippen LogP contribution in [-0.4, -0.2) is 26.2 Å². The minimum Gasteiger partial charge on any atom is -0.372 e. The smallest absolute Gasteiger partial charge is 0.0372 e. The topological polar surface area (TPSA) is 6.48 Å². The van der Waals surface area contributed by atoms with E-state index in [1.807, 2.05) is 0 Å². The molecule has 0 atom stereocenters. The summed E-state index contributed by atoms with van der Waals surface area (Å²) in [7, 11) is 0. The Hall–Kier alpha value is -4.56. The van der Waals surface area contributed by atoms with Gasteiger partial charge in [-0.3, -0.25) is 0 Å². The summed E-state index contributed by atoms with van der Waals surface area (Å²) in [5.41, 5.74) is 13.7. The first kappa shape index (κ1) is 28.6. The van der Waals surface area contributed by atoms with E-state index in [-0.39, 0.29) is 5.41 Å². The van der Waals surface area contributed by atoms with Crippen LogP contribution in [0.2, 0.25) is 0 Å². The molecule has 47 heavy (non-hydrogen) atoms. The van der Waals surface area contributed by atoms with Crippen LogP contribution in [0.3, 0.4) is 0 Å². The Balaban J connectivity index is 1.41. The molecule has 2 aliphatic heterocycles. The Kier molecular flexibility index (Phi) is 6.89. The number of piperidine rings is 2. The zero-order valence-electron chi connectivity index (χ0n) is 27.9. The molecule has 2 nitrogen and oxygen atoms in total. The van der Waals surface area contributed by atoms with Crippen molar-refractivity contribution in [1.82, 2.24) is 0 Å². The van der Waals surface area contributed by atoms with Crippen LogP contribution in [0.25, 0.3) is 54.9 Å². The maximum Gasteiger partial charge on any atom is 0.0372 e. The summed E-state index contributed by atoms with van der Waals surface area (Å²) in [6, 6.07) is 42.1. The number of hydrogen-bond acceptors (Lipinski definition) is 2. The summed E-state index contributed by atoms with van der Waals surface area (Å²) in [6.07, 6.45) is 7.77. The Morgan fingerprint density at radius 3 is 1.62 bits per heavy atom. The highest BCUT2D eigenvalue weighted by molar-refractivity contribution is 6.23. The van der Waals surface area contributed by atoms with Gasteiger partial charge in [0, 0.05) is 43.0 Å². The Morgan fingerprint density at radius 2 is 0.957 bits per heavy atom. The molecule has 6 aromatic carbocycles. The third kappa shape index (κ3) is 4.60. The summed E-state index contributed by atoms with van der Waals surface area (Å²) >= 11 is 0. The number of nitrogens with zero attached hydrogens (tertiary/aromatic N) is 2. The van der Waals surface area contributed by atoms with Crippen molar-refractivity contribution < 1.29 is 0 Å². The van der Waals surface area contributed by atoms with Crippen LogP contribution in [0.1, 0.15) is 63.5 Å². The zero-order chi connectivity index (χ0) is 31.5. The maximum absolute atomic E-state index is 2.62. The maximum atomic E-state index is 2.62. The fraction of sp³-hybridized carbons (Fsp3) is 0.289. The second-order valence-corrected chi connectivity index (χ2v) is 14.6. The average Bonchev–Trinajstić information content (AvgIpc) is 3.37. The van der Waals surface area contributed by atoms with Crippen molar-refractivity contribution in [2.24, 2.45) is 0 Å². The molecule has 0 N–H and O–H groups in total. The van der Waals surface area contributed by atoms with Gasteiger partial charge in [0.25, 0.3) is 0 Å². The first-order valence-electron chi connectivity index (χ1n) is 17.9. The number of benzene rings is 6. The molecular weight excluding hydrogens is 569 g/mol. The number of rotatable bonds is 4. The van der Waals surface area contributed by atoms with Crippen LogP contribution >= 0.6 is 0 Å². The van der Waals surface area contributed by atoms with Crippen LogP contribution in [0.4, 0.5) is 11.4 Å². The highest BCUT2D eigenvalue weighted by atomic mass is 15.1. The lowest BCUT2D eigenvalue weighted by Crippen LogP contribution is -2.29. The molecule has 2 saturated heterocycles. The molecule has 0 unspecified atom stereocenters. The summed E-state index contributed by atoms with van der Waals surface area (Å²) in [5, 5.41) is 5.42. The zero-order valence-corrected chi connectivity index (χ0v) is 27.9. The van der Waals surface area contributed by atoms with Crippen molar-refractivity contribution in [3.63, 3.8) is 0 Å². The van der Waals surface area contributed by atoms with Gasteiger partial charge in [0.1, 0.15) is 0 Å². The van der Waals surface area contributed by atoms with Crippen LogP contribution in [0.5, 0.6) is 0 Å². The van der Waals surface area contributed by atoms with E-state index in [1.165, 1.54) is 116 Å². The van der Waals surface area contributed by atoms with Crippen molar-refractivity contribution >= 4 is 32.9 Å². The monoisotopic (exact) mass is 612 g/mol. The van der Waals surface area contributed by atoms with Crippen LogP contribution in [-0.2, 0) is 5.41 Å². The number of fused-ring (bicyclic) bond motifs is 5. The standard InChI is InChI=1S/C45H44N2/c1-45(2)40-19-9-8-17-36(40)44-37(18-14-20-41(44)45)43-35-24-22-32(46-25-10-4-11-26-46)29-38(35)42(31-15-6-3-7-16-31)34-23-21-33(30-39(34)43)47-27-12-5-13-28-47/h3,6-9,14-24,29-30H,4-5,10-13,25-28H2,1-2H3. The molecule has 9 rings (SSSR count). The summed E-state index contributed by atoms with van der Waals surface area (Å²) in [6.45, 7) is 9.36. The van der Waals surface area contributed by atoms with Gasteiger partial charge in [-0.15, -0.1) is 0 Å². The van der Waals surface area contributed by atoms with Crippen molar-refractivity contribution in [2.45, 2.75) is 57.8 Å². The summed E-state index contributed by atoms with van der Waals surface area (Å²) in [4.78, 5) is 5.23. The molecule has 0 saturated carbocycles. The molecule has 234 valence electrons. The third-order valence-electron chi connectivity index (χ3n) is 11.5. The van der Waals surface area contributed by atoms with Gasteiger partial charge < -0.3 is 9.80 Å². The fourth-order valence-electron chi connectivity index (χ4n) is 9.07. The SMILES string of the molecule is CC1(C)c2ccccc2-c2c(-c3c4ccc(N5CCCCC5)cc4c(-c4ccccc4)c4ccc(N5CCCCC5)cc34)cccc21. The molecule has 1 aliphatic carbocycles. The van der Waals surface area contributed by atoms with Gasteiger partial charge in [-0.1, -0.05) is 98.8 Å². The molecule has 0 aromatic heterocycles. The van der Waals surface area contributed by atoms with Crippen LogP contribution in [0.15, 0.2) is 109 Å². The van der Waals surface area contributed by atoms with Crippen LogP contribution in [0, 0.1) is 0 Å². The molecule has 2 heteroatoms. The Morgan fingerprint density at radius 1 is 0.426 bits per heavy atom. The van der Waals surface area contributed by atoms with Crippen molar-refractivity contribution in [2.75, 3.05) is 36.0 Å². The largest absolute Gasteiger partial charge is 0.372 e. The lowest BCUT2D eigenvalue weighted by atomic mass is 9.80. The average molecular weight is 613 g/mol. The second-order valence-electron chi connectivity index (χ2n) is 14.6. The van der Waals surface area contributed by atoms with Crippen LogP contribution < -0.4 is 9.80 Å². The molecule has 0 amide bonds. The molecule has 3 aliphatic rings. The van der Waals surface area contributed by atoms with Gasteiger partial charge in [-0.2, -0.15) is 0 Å². The van der Waals surface area contributed by atoms with E-state index in [9.17, 15) is 0 Å². The highest BCUT2D eigenvalue weighted by Gasteiger charge is 2.37. The predicted molar refractivity (Wildman–Crippen MR) is 202 cm³/mol. The van der Waals surface area contributed by atoms with E-state index in [0.717, 1.165) is 26.2 Å². The third-order valence-corrected chi connectivity index (χ3v) is 11.5. The van der Waals surface area contributed by atoms with E-state index >= 15 is 0 Å². The van der Waals surface area contributed by atoms with E-state index in [1.54, 1.807) is 0 Å². The van der Waals surface area contributed by atoms with E-state index in [4.69, 9.17) is 0 Å². The van der Waals surface area contributed by atoms with Crippen molar-refractivity contribution in [3.05, 3.63) is 120 Å². The molecular formula is C45H44N2. The van der Waals surface area contributed by atoms with E-state index < -0.39 is 0 Å². The lowest BCUT2D eigenvalue weighted by molar-refractivity contribution is 0.578. The minimum absolute atomic E-state index is 0.0437. The van der Waals surface area contributed by atoms with Gasteiger partial charge >= 0.3 is 0 Å². The lowest BCUT2D eigenvalue weighted by Gasteiger charge is -2.31. The molecule has 0 radical (unpaired) electrons. The normalized spacial score (nSPS) is 17.2. The van der Waals surface area contributed by atoms with Gasteiger partial charge in [-0.05, 0) is 129 Å². The Bertz CT molecular complexity index is 2130. The molecule has 2 heterocycles. The fourth-order valence-corrected chi connectivity index (χ4v) is 9.07. The molecule has 6 aromatic rings. The predicted octanol–water partition coefficient (Wildman–Crippen LogP) is 11.6. The quantitative estimate of drug-likeness (QED) is 0.183. The van der Waals surface area contributed by atoms with E-state index in [2.05, 4.69) is 133 Å². The Labute approximate surface area is 279 Å². The minimum atomic E-state index is -0.0437. The van der Waals surface area contributed by atoms with Gasteiger partial charge in [0.15, 0.2) is 0 Å². The number of anilines is 2. The molecule has 0 bridgehead atoms. The number of hydrogen-bond donors (Lipinski definition) is 0. The van der Waals surface area contributed by atoms with Gasteiger partial charge in [0.2, 0.25) is 0 Å². The first-order valence-corrected chi connectivity index (χ1v) is 17.9. The molecule has 0 spiro atoms. The van der Waals surface area contributed by atoms with E-state index in [0.29, 0.717) is 0 Å². The second kappa shape index (κ2) is 11.3. The van der Waals surface area contributed by atoms with Gasteiger partial charge in [-0.25, -0.2) is 0 Å².